The number of hydrogen-bond acceptors (Lipinski definition) is 20. The van der Waals surface area contributed by atoms with E-state index in [2.05, 4.69) is 88.7 Å². The average Bonchev–Trinajstić information content (AvgIpc) is 1.79. The number of benzene rings is 2. The van der Waals surface area contributed by atoms with Gasteiger partial charge in [0.1, 0.15) is 66.5 Å². The molecule has 6 rings (SSSR count). The number of hydrogen-bond donors (Lipinski definition) is 21. The zero-order valence-corrected chi connectivity index (χ0v) is 60.6. The highest BCUT2D eigenvalue weighted by Crippen LogP contribution is 2.28. The third-order valence-corrected chi connectivity index (χ3v) is 19.7. The SMILES string of the molecule is C[C@@H]1NC(=O)[C@@H]2CSS[C@H](NC(=O)[C@H](CCCN=C(N)N)NC(=O)[C@H](CCCCN)NC(=O)[C@H](CCCCN)NC(=O)[C@H](CCCCN)NC1=O)C(=O)N[C@H](C)C(=O)N[C@@H](Cc1cnc[nH]1)C(=O)N[C@H](Cc1ccccc1)C(=O)N[C@@H](CCCN=C(N)N)C(=O)N[C@@H](Cc1c[nH]c3ccccc13)C(=O)N2. The van der Waals surface area contributed by atoms with Gasteiger partial charge in [-0.15, -0.1) is 0 Å². The Hall–Kier alpha value is -10.1. The maximum absolute atomic E-state index is 15.4. The van der Waals surface area contributed by atoms with Crippen molar-refractivity contribution in [3.05, 3.63) is 90.1 Å². The minimum absolute atomic E-state index is 0.00968. The van der Waals surface area contributed by atoms with Gasteiger partial charge in [-0.05, 0) is 134 Å². The van der Waals surface area contributed by atoms with Gasteiger partial charge in [0.05, 0.1) is 6.33 Å². The van der Waals surface area contributed by atoms with E-state index in [1.165, 1.54) is 26.4 Å². The van der Waals surface area contributed by atoms with Gasteiger partial charge in [-0.25, -0.2) is 4.98 Å². The highest BCUT2D eigenvalue weighted by Gasteiger charge is 2.38. The summed E-state index contributed by atoms with van der Waals surface area (Å²) in [6.07, 6.45) is 5.74. The molecule has 38 heteroatoms. The van der Waals surface area contributed by atoms with Crippen LogP contribution in [0.4, 0.5) is 0 Å². The van der Waals surface area contributed by atoms with E-state index < -0.39 is 148 Å². The Labute approximate surface area is 615 Å². The van der Waals surface area contributed by atoms with Gasteiger partial charge in [0, 0.05) is 67.1 Å². The second-order valence-electron chi connectivity index (χ2n) is 25.6. The number of amides is 12. The Morgan fingerprint density at radius 1 is 0.429 bits per heavy atom. The topological polar surface area (TPSA) is 601 Å². The van der Waals surface area contributed by atoms with Gasteiger partial charge in [-0.2, -0.15) is 0 Å². The number of aromatic amines is 2. The lowest BCUT2D eigenvalue weighted by molar-refractivity contribution is -0.136. The predicted octanol–water partition coefficient (Wildman–Crippen LogP) is -4.36. The molecule has 4 aromatic rings. The minimum atomic E-state index is -1.76. The molecule has 0 spiro atoms. The van der Waals surface area contributed by atoms with Crippen molar-refractivity contribution in [2.24, 2.45) is 50.1 Å². The molecule has 2 fully saturated rings. The molecule has 105 heavy (non-hydrogen) atoms. The number of carbonyl (C=O) groups excluding carboxylic acids is 12. The first-order chi connectivity index (χ1) is 50.4. The number of nitrogens with one attached hydrogen (secondary N) is 14. The van der Waals surface area contributed by atoms with Crippen LogP contribution in [-0.2, 0) is 76.8 Å². The van der Waals surface area contributed by atoms with Gasteiger partial charge in [-0.1, -0.05) is 70.1 Å². The summed E-state index contributed by atoms with van der Waals surface area (Å²) in [4.78, 5) is 197. The third kappa shape index (κ3) is 28.2. The van der Waals surface area contributed by atoms with E-state index in [4.69, 9.17) is 40.1 Å². The number of guanidine groups is 2. The maximum Gasteiger partial charge on any atom is 0.254 e. The third-order valence-electron chi connectivity index (χ3n) is 17.2. The Kier molecular flexibility index (Phi) is 35.1. The van der Waals surface area contributed by atoms with Crippen LogP contribution in [0.1, 0.15) is 114 Å². The Morgan fingerprint density at radius 2 is 0.838 bits per heavy atom. The lowest BCUT2D eigenvalue weighted by Gasteiger charge is -2.29. The number of para-hydroxylation sites is 1. The molecule has 28 N–H and O–H groups in total. The zero-order valence-electron chi connectivity index (χ0n) is 59.0. The van der Waals surface area contributed by atoms with Crippen molar-refractivity contribution in [1.29, 1.82) is 0 Å². The molecular weight excluding hydrogens is 1400 g/mol. The van der Waals surface area contributed by atoms with Crippen molar-refractivity contribution < 1.29 is 57.5 Å². The van der Waals surface area contributed by atoms with Crippen molar-refractivity contribution in [2.75, 3.05) is 38.5 Å². The zero-order chi connectivity index (χ0) is 76.4. The summed E-state index contributed by atoms with van der Waals surface area (Å²) in [6.45, 7) is 3.23. The number of nitrogens with zero attached hydrogens (tertiary/aromatic N) is 3. The van der Waals surface area contributed by atoms with Gasteiger partial charge in [0.15, 0.2) is 17.3 Å². The molecular formula is C67H102N24O12S2. The molecule has 574 valence electrons. The molecule has 0 radical (unpaired) electrons. The summed E-state index contributed by atoms with van der Waals surface area (Å²) in [5.41, 5.74) is 42.4. The molecule has 36 nitrogen and oxygen atoms in total. The van der Waals surface area contributed by atoms with Crippen molar-refractivity contribution in [1.82, 2.24) is 78.8 Å². The molecule has 0 aliphatic carbocycles. The van der Waals surface area contributed by atoms with E-state index in [0.717, 1.165) is 10.8 Å². The van der Waals surface area contributed by atoms with E-state index in [9.17, 15) is 28.8 Å². The normalized spacial score (nSPS) is 24.3. The minimum Gasteiger partial charge on any atom is -0.370 e. The van der Waals surface area contributed by atoms with Crippen molar-refractivity contribution >= 4 is 115 Å². The van der Waals surface area contributed by atoms with Crippen LogP contribution < -0.4 is 104 Å². The summed E-state index contributed by atoms with van der Waals surface area (Å²) in [5, 5.41) is 31.4. The standard InChI is InChI=1S/C67H102N24O12S2/c1-37-53(92)82-44(20-8-11-25-68)55(94)83-45(21-9-12-26-69)56(95)84-46(22-10-13-27-70)57(96)85-48(24-15-29-77-67(73)74)59(98)91-65-64(103)81-38(2)54(93)87-51(32-41-34-75-36-79-41)62(101)88-49(30-39-16-4-3-5-17-39)60(99)86-47(23-14-28-76-66(71)72)58(97)89-50(31-40-33-78-43-19-7-6-18-42(40)43)61(100)90-52(35-104-105-65)63(102)80-37/h3-7,16-19,33-34,36-38,44-52,65,78H,8-15,20-32,35,68-70H2,1-2H3,(H,75,79)(H,80,102)(H,81,103)(H,82,92)(H,83,94)(H,84,95)(H,85,96)(H,86,99)(H,87,93)(H,88,101)(H,89,97)(H,90,100)(H,91,98)(H4,71,72,76)(H4,73,74,77)/t37-,38+,44-,45-,46-,47-,48-,49+,50-,51-,52-,65-/m0/s1. The number of aromatic nitrogens is 3. The van der Waals surface area contributed by atoms with Crippen LogP contribution in [0, 0.1) is 0 Å². The van der Waals surface area contributed by atoms with Gasteiger partial charge >= 0.3 is 0 Å². The van der Waals surface area contributed by atoms with E-state index >= 15 is 28.8 Å². The fourth-order valence-corrected chi connectivity index (χ4v) is 13.8. The lowest BCUT2D eigenvalue weighted by atomic mass is 10.0. The Morgan fingerprint density at radius 3 is 1.32 bits per heavy atom. The van der Waals surface area contributed by atoms with E-state index in [1.54, 1.807) is 60.8 Å². The Balaban J connectivity index is 1.54. The summed E-state index contributed by atoms with van der Waals surface area (Å²) in [5.74, 6) is -12.0. The number of fused-ring (bicyclic) bond motifs is 5. The maximum atomic E-state index is 15.4. The van der Waals surface area contributed by atoms with E-state index in [0.29, 0.717) is 77.0 Å². The molecule has 0 saturated carbocycles. The summed E-state index contributed by atoms with van der Waals surface area (Å²) in [7, 11) is 1.39. The first-order valence-corrected chi connectivity index (χ1v) is 37.5. The number of carbonyl (C=O) groups is 12. The molecule has 2 aromatic heterocycles. The first-order valence-electron chi connectivity index (χ1n) is 35.1. The number of H-pyrrole nitrogens is 2. The second kappa shape index (κ2) is 43.9. The molecule has 2 saturated heterocycles. The molecule has 12 amide bonds. The monoisotopic (exact) mass is 1500 g/mol. The predicted molar refractivity (Wildman–Crippen MR) is 398 cm³/mol. The van der Waals surface area contributed by atoms with Crippen LogP contribution in [0.5, 0.6) is 0 Å². The molecule has 4 heterocycles. The highest BCUT2D eigenvalue weighted by molar-refractivity contribution is 8.77. The van der Waals surface area contributed by atoms with Gasteiger partial charge < -0.3 is 114 Å². The number of nitrogens with two attached hydrogens (primary N) is 7. The van der Waals surface area contributed by atoms with Crippen LogP contribution in [0.25, 0.3) is 10.9 Å². The van der Waals surface area contributed by atoms with Crippen LogP contribution >= 0.6 is 21.6 Å². The van der Waals surface area contributed by atoms with Gasteiger partial charge in [0.25, 0.3) is 5.91 Å². The Bertz CT molecular complexity index is 3620. The molecule has 2 aromatic carbocycles. The molecule has 12 atom stereocenters. The van der Waals surface area contributed by atoms with Crippen molar-refractivity contribution in [3.8, 4) is 0 Å². The van der Waals surface area contributed by atoms with Gasteiger partial charge in [-0.3, -0.25) is 67.5 Å². The highest BCUT2D eigenvalue weighted by atomic mass is 33.1. The molecule has 2 aliphatic rings. The quantitative estimate of drug-likeness (QED) is 0.0122. The first kappa shape index (κ1) is 83.9. The second-order valence-corrected chi connectivity index (χ2v) is 28.1. The molecule has 2 aliphatic heterocycles. The van der Waals surface area contributed by atoms with Crippen LogP contribution in [-0.4, -0.2) is 208 Å². The number of imidazole rings is 1. The number of aliphatic imine (C=N–C) groups is 2. The van der Waals surface area contributed by atoms with Gasteiger partial charge in [0.2, 0.25) is 65.0 Å². The van der Waals surface area contributed by atoms with E-state index in [-0.39, 0.29) is 109 Å². The van der Waals surface area contributed by atoms with Crippen LogP contribution in [0.2, 0.25) is 0 Å². The molecule has 2 bridgehead atoms. The number of unbranched alkanes of at least 4 members (excludes halogenated alkanes) is 3. The summed E-state index contributed by atoms with van der Waals surface area (Å²) in [6, 6.07) is -0.613. The largest absolute Gasteiger partial charge is 0.370 e. The smallest absolute Gasteiger partial charge is 0.254 e. The van der Waals surface area contributed by atoms with Crippen molar-refractivity contribution in [3.63, 3.8) is 0 Å². The summed E-state index contributed by atoms with van der Waals surface area (Å²) < 4.78 is 0. The fraction of sp³-hybridized carbons (Fsp3) is 0.537. The van der Waals surface area contributed by atoms with E-state index in [1.807, 2.05) is 0 Å². The van der Waals surface area contributed by atoms with Crippen LogP contribution in [0.3, 0.4) is 0 Å². The average molecular weight is 1500 g/mol. The molecule has 0 unspecified atom stereocenters. The fourth-order valence-electron chi connectivity index (χ4n) is 11.4. The number of rotatable bonds is 26. The lowest BCUT2D eigenvalue weighted by Crippen LogP contribution is -2.61. The van der Waals surface area contributed by atoms with Crippen molar-refractivity contribution in [2.45, 2.75) is 188 Å². The van der Waals surface area contributed by atoms with Crippen LogP contribution in [0.15, 0.2) is 83.3 Å². The summed E-state index contributed by atoms with van der Waals surface area (Å²) >= 11 is 0.